The van der Waals surface area contributed by atoms with Crippen LogP contribution in [-0.4, -0.2) is 77.3 Å². The number of hydrogen-bond donors (Lipinski definition) is 3. The van der Waals surface area contributed by atoms with Crippen LogP contribution in [0.5, 0.6) is 0 Å². The van der Waals surface area contributed by atoms with Crippen molar-refractivity contribution in [3.8, 4) is 0 Å². The molecule has 4 atom stereocenters. The number of aromatic nitrogens is 2. The second-order valence-electron chi connectivity index (χ2n) is 6.26. The third-order valence-corrected chi connectivity index (χ3v) is 4.68. The summed E-state index contributed by atoms with van der Waals surface area (Å²) in [6, 6.07) is -0.247. The summed E-state index contributed by atoms with van der Waals surface area (Å²) in [5, 5.41) is 19.8. The second kappa shape index (κ2) is 5.31. The minimum Gasteiger partial charge on any atom is -0.388 e. The molecule has 120 valence electrons. The SMILES string of the molecule is CN1CCc2[nH]nc(C(=O)N[C@@H]3CO[C@H]4[C@@H]3OC[C@H]4O)c2C1. The van der Waals surface area contributed by atoms with Crippen LogP contribution in [0.2, 0.25) is 0 Å². The van der Waals surface area contributed by atoms with Crippen LogP contribution >= 0.6 is 0 Å². The summed E-state index contributed by atoms with van der Waals surface area (Å²) in [5.74, 6) is -0.216. The van der Waals surface area contributed by atoms with Crippen molar-refractivity contribution in [1.82, 2.24) is 20.4 Å². The Bertz CT molecular complexity index is 589. The lowest BCUT2D eigenvalue weighted by molar-refractivity contribution is 0.0178. The second-order valence-corrected chi connectivity index (χ2v) is 6.26. The van der Waals surface area contributed by atoms with Gasteiger partial charge in [0.05, 0.1) is 19.3 Å². The molecule has 1 aromatic rings. The number of fused-ring (bicyclic) bond motifs is 2. The van der Waals surface area contributed by atoms with Crippen LogP contribution in [0, 0.1) is 0 Å². The Hall–Kier alpha value is -1.48. The third-order valence-electron chi connectivity index (χ3n) is 4.68. The van der Waals surface area contributed by atoms with Gasteiger partial charge >= 0.3 is 0 Å². The van der Waals surface area contributed by atoms with Crippen LogP contribution in [0.4, 0.5) is 0 Å². The molecule has 22 heavy (non-hydrogen) atoms. The first-order chi connectivity index (χ1) is 10.6. The zero-order valence-electron chi connectivity index (χ0n) is 12.4. The predicted octanol–water partition coefficient (Wildman–Crippen LogP) is -1.35. The van der Waals surface area contributed by atoms with Gasteiger partial charge < -0.3 is 24.8 Å². The van der Waals surface area contributed by atoms with E-state index in [9.17, 15) is 9.90 Å². The van der Waals surface area contributed by atoms with E-state index in [-0.39, 0.29) is 30.8 Å². The van der Waals surface area contributed by atoms with E-state index in [0.717, 1.165) is 30.8 Å². The Kier molecular flexibility index (Phi) is 3.41. The number of nitrogens with zero attached hydrogens (tertiary/aromatic N) is 2. The Morgan fingerprint density at radius 2 is 2.23 bits per heavy atom. The number of H-pyrrole nitrogens is 1. The fraction of sp³-hybridized carbons (Fsp3) is 0.714. The van der Waals surface area contributed by atoms with Gasteiger partial charge in [0.15, 0.2) is 5.69 Å². The summed E-state index contributed by atoms with van der Waals surface area (Å²) >= 11 is 0. The quantitative estimate of drug-likeness (QED) is 0.625. The van der Waals surface area contributed by atoms with Crippen molar-refractivity contribution in [3.63, 3.8) is 0 Å². The number of carbonyl (C=O) groups excluding carboxylic acids is 1. The van der Waals surface area contributed by atoms with Crippen LogP contribution in [0.15, 0.2) is 0 Å². The average Bonchev–Trinajstić information content (AvgIpc) is 3.16. The van der Waals surface area contributed by atoms with Gasteiger partial charge in [-0.05, 0) is 7.05 Å². The lowest BCUT2D eigenvalue weighted by Crippen LogP contribution is -2.44. The van der Waals surface area contributed by atoms with Crippen molar-refractivity contribution in [1.29, 1.82) is 0 Å². The number of hydrogen-bond acceptors (Lipinski definition) is 6. The van der Waals surface area contributed by atoms with Crippen molar-refractivity contribution in [2.75, 3.05) is 26.8 Å². The highest BCUT2D eigenvalue weighted by atomic mass is 16.6. The van der Waals surface area contributed by atoms with Crippen LogP contribution in [-0.2, 0) is 22.4 Å². The highest BCUT2D eigenvalue weighted by Crippen LogP contribution is 2.27. The minimum atomic E-state index is -0.612. The maximum absolute atomic E-state index is 12.5. The van der Waals surface area contributed by atoms with E-state index >= 15 is 0 Å². The van der Waals surface area contributed by atoms with E-state index in [0.29, 0.717) is 12.3 Å². The van der Waals surface area contributed by atoms with Gasteiger partial charge in [-0.1, -0.05) is 0 Å². The van der Waals surface area contributed by atoms with E-state index in [1.54, 1.807) is 0 Å². The monoisotopic (exact) mass is 308 g/mol. The van der Waals surface area contributed by atoms with Crippen molar-refractivity contribution in [2.24, 2.45) is 0 Å². The number of amides is 1. The molecule has 0 unspecified atom stereocenters. The molecule has 8 heteroatoms. The number of aromatic amines is 1. The molecule has 2 fully saturated rings. The van der Waals surface area contributed by atoms with E-state index in [4.69, 9.17) is 9.47 Å². The fourth-order valence-corrected chi connectivity index (χ4v) is 3.46. The molecule has 8 nitrogen and oxygen atoms in total. The van der Waals surface area contributed by atoms with E-state index in [1.165, 1.54) is 0 Å². The first kappa shape index (κ1) is 14.1. The van der Waals surface area contributed by atoms with Crippen LogP contribution < -0.4 is 5.32 Å². The molecule has 0 saturated carbocycles. The van der Waals surface area contributed by atoms with Gasteiger partial charge in [-0.25, -0.2) is 0 Å². The van der Waals surface area contributed by atoms with Gasteiger partial charge in [0, 0.05) is 30.8 Å². The Labute approximate surface area is 127 Å². The number of aliphatic hydroxyl groups is 1. The van der Waals surface area contributed by atoms with Crippen LogP contribution in [0.1, 0.15) is 21.7 Å². The molecule has 1 amide bonds. The molecule has 3 aliphatic heterocycles. The Morgan fingerprint density at radius 1 is 1.41 bits per heavy atom. The average molecular weight is 308 g/mol. The Balaban J connectivity index is 1.48. The standard InChI is InChI=1S/C14H20N4O4/c1-18-3-2-8-7(4-18)11(17-16-8)14(20)15-9-5-21-13-10(19)6-22-12(9)13/h9-10,12-13,19H,2-6H2,1H3,(H,15,20)(H,16,17)/t9-,10-,12-,13-/m1/s1. The lowest BCUT2D eigenvalue weighted by atomic mass is 10.0. The van der Waals surface area contributed by atoms with Crippen molar-refractivity contribution < 1.29 is 19.4 Å². The number of carbonyl (C=O) groups is 1. The zero-order valence-corrected chi connectivity index (χ0v) is 12.4. The summed E-state index contributed by atoms with van der Waals surface area (Å²) in [6.45, 7) is 2.29. The smallest absolute Gasteiger partial charge is 0.272 e. The molecular formula is C14H20N4O4. The van der Waals surface area contributed by atoms with Gasteiger partial charge in [0.2, 0.25) is 0 Å². The maximum atomic E-state index is 12.5. The van der Waals surface area contributed by atoms with Gasteiger partial charge in [-0.15, -0.1) is 0 Å². The van der Waals surface area contributed by atoms with E-state index < -0.39 is 6.10 Å². The van der Waals surface area contributed by atoms with Crippen LogP contribution in [0.3, 0.4) is 0 Å². The van der Waals surface area contributed by atoms with Crippen molar-refractivity contribution >= 4 is 5.91 Å². The molecule has 0 aliphatic carbocycles. The molecule has 0 radical (unpaired) electrons. The molecular weight excluding hydrogens is 288 g/mol. The van der Waals surface area contributed by atoms with E-state index in [1.807, 2.05) is 7.05 Å². The molecule has 3 aliphatic rings. The normalized spacial score (nSPS) is 34.5. The fourth-order valence-electron chi connectivity index (χ4n) is 3.46. The minimum absolute atomic E-state index is 0.216. The maximum Gasteiger partial charge on any atom is 0.272 e. The number of rotatable bonds is 2. The molecule has 4 rings (SSSR count). The molecule has 0 bridgehead atoms. The number of aliphatic hydroxyl groups excluding tert-OH is 1. The molecule has 3 N–H and O–H groups in total. The highest BCUT2D eigenvalue weighted by molar-refractivity contribution is 5.94. The summed E-state index contributed by atoms with van der Waals surface area (Å²) in [4.78, 5) is 14.7. The molecule has 2 saturated heterocycles. The first-order valence-corrected chi connectivity index (χ1v) is 7.60. The largest absolute Gasteiger partial charge is 0.388 e. The topological polar surface area (TPSA) is 99.7 Å². The number of nitrogens with one attached hydrogen (secondary N) is 2. The summed E-state index contributed by atoms with van der Waals surface area (Å²) in [7, 11) is 2.03. The zero-order chi connectivity index (χ0) is 15.3. The predicted molar refractivity (Wildman–Crippen MR) is 75.4 cm³/mol. The summed E-state index contributed by atoms with van der Waals surface area (Å²) < 4.78 is 11.0. The van der Waals surface area contributed by atoms with Gasteiger partial charge in [0.1, 0.15) is 18.3 Å². The highest BCUT2D eigenvalue weighted by Gasteiger charge is 2.47. The van der Waals surface area contributed by atoms with Crippen molar-refractivity contribution in [2.45, 2.75) is 37.3 Å². The summed E-state index contributed by atoms with van der Waals surface area (Å²) in [5.41, 5.74) is 2.45. The summed E-state index contributed by atoms with van der Waals surface area (Å²) in [6.07, 6.45) is -0.363. The first-order valence-electron chi connectivity index (χ1n) is 7.60. The van der Waals surface area contributed by atoms with Gasteiger partial charge in [-0.2, -0.15) is 5.10 Å². The van der Waals surface area contributed by atoms with Crippen LogP contribution in [0.25, 0.3) is 0 Å². The third kappa shape index (κ3) is 2.23. The van der Waals surface area contributed by atoms with E-state index in [2.05, 4.69) is 20.4 Å². The number of likely N-dealkylation sites (N-methyl/N-ethyl adjacent to an activating group) is 1. The molecule has 4 heterocycles. The van der Waals surface area contributed by atoms with Crippen molar-refractivity contribution in [3.05, 3.63) is 17.0 Å². The molecule has 0 spiro atoms. The Morgan fingerprint density at radius 3 is 3.09 bits per heavy atom. The molecule has 0 aromatic carbocycles. The molecule has 1 aromatic heterocycles. The number of ether oxygens (including phenoxy) is 2. The van der Waals surface area contributed by atoms with Gasteiger partial charge in [-0.3, -0.25) is 9.89 Å². The lowest BCUT2D eigenvalue weighted by Gasteiger charge is -2.22. The van der Waals surface area contributed by atoms with Gasteiger partial charge in [0.25, 0.3) is 5.91 Å².